The number of pyridine rings is 1. The molecule has 4 aromatic rings. The van der Waals surface area contributed by atoms with Gasteiger partial charge in [0.1, 0.15) is 22.5 Å². The maximum Gasteiger partial charge on any atom is 0.244 e. The smallest absolute Gasteiger partial charge is 0.244 e. The summed E-state index contributed by atoms with van der Waals surface area (Å²) < 4.78 is 42.8. The van der Waals surface area contributed by atoms with Crippen LogP contribution in [0.1, 0.15) is 13.3 Å². The number of aromatic nitrogens is 4. The number of anilines is 1. The fraction of sp³-hybridized carbons (Fsp3) is 0.400. The maximum absolute atomic E-state index is 15.6. The third-order valence-electron chi connectivity index (χ3n) is 7.03. The van der Waals surface area contributed by atoms with E-state index < -0.39 is 17.5 Å². The van der Waals surface area contributed by atoms with Gasteiger partial charge in [-0.1, -0.05) is 6.07 Å². The Morgan fingerprint density at radius 1 is 1.26 bits per heavy atom. The standard InChI is InChI=1S/C25H26F2N6O2/c1-25(27)14-32(17-12-35-13-17)8-6-20(25)29-24-30-23(34-2)22-18(5-9-33(22)31-24)16-10-15-4-3-7-28-21(15)19(26)11-16/h3-5,7,9-11,17,20H,6,8,12-14H2,1-2H3,(H,29,31). The van der Waals surface area contributed by atoms with Crippen LogP contribution in [0.25, 0.3) is 27.5 Å². The first-order chi connectivity index (χ1) is 16.9. The molecule has 0 amide bonds. The SMILES string of the molecule is COc1nc(NC2CCN(C3COC3)CC2(C)F)nn2ccc(-c3cc(F)c4ncccc4c3)c12. The summed E-state index contributed by atoms with van der Waals surface area (Å²) in [6.45, 7) is 4.05. The Kier molecular flexibility index (Phi) is 5.30. The van der Waals surface area contributed by atoms with Gasteiger partial charge in [0.05, 0.1) is 32.4 Å². The zero-order chi connectivity index (χ0) is 24.2. The predicted molar refractivity (Wildman–Crippen MR) is 128 cm³/mol. The van der Waals surface area contributed by atoms with Crippen LogP contribution in [0.15, 0.2) is 42.7 Å². The molecule has 0 spiro atoms. The normalized spacial score (nSPS) is 23.5. The van der Waals surface area contributed by atoms with E-state index in [1.807, 2.05) is 18.2 Å². The van der Waals surface area contributed by atoms with E-state index in [0.29, 0.717) is 60.1 Å². The van der Waals surface area contributed by atoms with Gasteiger partial charge in [-0.05, 0) is 43.2 Å². The Labute approximate surface area is 200 Å². The second-order valence-electron chi connectivity index (χ2n) is 9.43. The van der Waals surface area contributed by atoms with Crippen LogP contribution < -0.4 is 10.1 Å². The van der Waals surface area contributed by atoms with E-state index in [2.05, 4.69) is 25.3 Å². The summed E-state index contributed by atoms with van der Waals surface area (Å²) in [5, 5.41) is 8.45. The number of methoxy groups -OCH3 is 1. The molecular formula is C25H26F2N6O2. The molecule has 10 heteroatoms. The van der Waals surface area contributed by atoms with Crippen molar-refractivity contribution in [1.29, 1.82) is 0 Å². The Morgan fingerprint density at radius 2 is 2.11 bits per heavy atom. The first kappa shape index (κ1) is 22.1. The third kappa shape index (κ3) is 3.86. The van der Waals surface area contributed by atoms with Crippen LogP contribution in [0.3, 0.4) is 0 Å². The molecule has 182 valence electrons. The Bertz CT molecular complexity index is 1400. The molecule has 2 atom stereocenters. The molecule has 2 fully saturated rings. The number of ether oxygens (including phenoxy) is 2. The number of hydrogen-bond acceptors (Lipinski definition) is 7. The van der Waals surface area contributed by atoms with Crippen LogP contribution in [0.5, 0.6) is 5.88 Å². The fourth-order valence-electron chi connectivity index (χ4n) is 5.04. The molecule has 2 unspecified atom stereocenters. The molecule has 5 heterocycles. The van der Waals surface area contributed by atoms with E-state index in [1.54, 1.807) is 29.9 Å². The molecule has 0 aliphatic carbocycles. The summed E-state index contributed by atoms with van der Waals surface area (Å²) in [4.78, 5) is 10.8. The number of nitrogens with one attached hydrogen (secondary N) is 1. The minimum atomic E-state index is -1.46. The zero-order valence-corrected chi connectivity index (χ0v) is 19.5. The molecule has 0 bridgehead atoms. The molecule has 2 aliphatic heterocycles. The highest BCUT2D eigenvalue weighted by molar-refractivity contribution is 5.91. The van der Waals surface area contributed by atoms with Crippen LogP contribution in [0.4, 0.5) is 14.7 Å². The van der Waals surface area contributed by atoms with Gasteiger partial charge in [-0.3, -0.25) is 9.88 Å². The number of alkyl halides is 1. The van der Waals surface area contributed by atoms with Crippen molar-refractivity contribution in [2.24, 2.45) is 0 Å². The third-order valence-corrected chi connectivity index (χ3v) is 7.03. The minimum absolute atomic E-state index is 0.277. The number of hydrogen-bond donors (Lipinski definition) is 1. The van der Waals surface area contributed by atoms with E-state index in [-0.39, 0.29) is 5.95 Å². The van der Waals surface area contributed by atoms with Crippen molar-refractivity contribution in [2.75, 3.05) is 38.7 Å². The average Bonchev–Trinajstić information content (AvgIpc) is 3.23. The summed E-state index contributed by atoms with van der Waals surface area (Å²) in [5.74, 6) is 0.191. The first-order valence-electron chi connectivity index (χ1n) is 11.7. The van der Waals surface area contributed by atoms with Gasteiger partial charge in [0.2, 0.25) is 11.8 Å². The lowest BCUT2D eigenvalue weighted by Crippen LogP contribution is -2.61. The molecule has 2 aliphatic rings. The van der Waals surface area contributed by atoms with Gasteiger partial charge in [-0.2, -0.15) is 4.98 Å². The summed E-state index contributed by atoms with van der Waals surface area (Å²) in [6, 6.07) is 8.61. The Balaban J connectivity index is 1.32. The van der Waals surface area contributed by atoms with Crippen molar-refractivity contribution < 1.29 is 18.3 Å². The van der Waals surface area contributed by atoms with Crippen LogP contribution >= 0.6 is 0 Å². The molecular weight excluding hydrogens is 454 g/mol. The molecule has 6 rings (SSSR count). The molecule has 1 N–H and O–H groups in total. The molecule has 3 aromatic heterocycles. The summed E-state index contributed by atoms with van der Waals surface area (Å²) >= 11 is 0. The van der Waals surface area contributed by atoms with E-state index in [0.717, 1.165) is 12.1 Å². The molecule has 2 saturated heterocycles. The number of rotatable bonds is 5. The van der Waals surface area contributed by atoms with E-state index >= 15 is 4.39 Å². The minimum Gasteiger partial charge on any atom is -0.479 e. The largest absolute Gasteiger partial charge is 0.479 e. The summed E-state index contributed by atoms with van der Waals surface area (Å²) in [6.07, 6.45) is 3.95. The van der Waals surface area contributed by atoms with Crippen molar-refractivity contribution in [3.8, 4) is 17.0 Å². The number of benzene rings is 1. The van der Waals surface area contributed by atoms with Crippen molar-refractivity contribution >= 4 is 22.4 Å². The lowest BCUT2D eigenvalue weighted by Gasteiger charge is -2.46. The number of piperidine rings is 1. The lowest BCUT2D eigenvalue weighted by atomic mass is 9.89. The van der Waals surface area contributed by atoms with Gasteiger partial charge in [-0.15, -0.1) is 5.10 Å². The molecule has 8 nitrogen and oxygen atoms in total. The van der Waals surface area contributed by atoms with Gasteiger partial charge >= 0.3 is 0 Å². The van der Waals surface area contributed by atoms with Gasteiger partial charge < -0.3 is 14.8 Å². The second kappa shape index (κ2) is 8.39. The fourth-order valence-corrected chi connectivity index (χ4v) is 5.04. The molecule has 1 aromatic carbocycles. The van der Waals surface area contributed by atoms with Gasteiger partial charge in [0.25, 0.3) is 0 Å². The monoisotopic (exact) mass is 480 g/mol. The maximum atomic E-state index is 15.6. The van der Waals surface area contributed by atoms with Crippen LogP contribution in [0, 0.1) is 5.82 Å². The number of likely N-dealkylation sites (tertiary alicyclic amines) is 1. The van der Waals surface area contributed by atoms with Gasteiger partial charge in [-0.25, -0.2) is 13.3 Å². The highest BCUT2D eigenvalue weighted by atomic mass is 19.1. The summed E-state index contributed by atoms with van der Waals surface area (Å²) in [7, 11) is 1.52. The molecule has 0 saturated carbocycles. The molecule has 35 heavy (non-hydrogen) atoms. The second-order valence-corrected chi connectivity index (χ2v) is 9.43. The number of fused-ring (bicyclic) bond motifs is 2. The van der Waals surface area contributed by atoms with Crippen molar-refractivity contribution in [3.05, 3.63) is 48.5 Å². The Hall–Kier alpha value is -3.37. The highest BCUT2D eigenvalue weighted by Crippen LogP contribution is 2.35. The van der Waals surface area contributed by atoms with Crippen LogP contribution in [0.2, 0.25) is 0 Å². The van der Waals surface area contributed by atoms with Crippen LogP contribution in [-0.2, 0) is 4.74 Å². The summed E-state index contributed by atoms with van der Waals surface area (Å²) in [5.41, 5.74) is 0.849. The van der Waals surface area contributed by atoms with Crippen molar-refractivity contribution in [2.45, 2.75) is 31.1 Å². The van der Waals surface area contributed by atoms with Gasteiger partial charge in [0, 0.05) is 36.4 Å². The quantitative estimate of drug-likeness (QED) is 0.467. The van der Waals surface area contributed by atoms with E-state index in [9.17, 15) is 4.39 Å². The number of nitrogens with zero attached hydrogens (tertiary/aromatic N) is 5. The Morgan fingerprint density at radius 3 is 2.86 bits per heavy atom. The first-order valence-corrected chi connectivity index (χ1v) is 11.7. The predicted octanol–water partition coefficient (Wildman–Crippen LogP) is 3.71. The van der Waals surface area contributed by atoms with Crippen molar-refractivity contribution in [3.63, 3.8) is 0 Å². The van der Waals surface area contributed by atoms with Crippen LogP contribution in [-0.4, -0.2) is 75.6 Å². The van der Waals surface area contributed by atoms with E-state index in [4.69, 9.17) is 9.47 Å². The van der Waals surface area contributed by atoms with Gasteiger partial charge in [0.15, 0.2) is 0 Å². The topological polar surface area (TPSA) is 76.8 Å². The highest BCUT2D eigenvalue weighted by Gasteiger charge is 2.43. The average molecular weight is 481 g/mol. The zero-order valence-electron chi connectivity index (χ0n) is 19.5. The van der Waals surface area contributed by atoms with E-state index in [1.165, 1.54) is 13.2 Å². The van der Waals surface area contributed by atoms with Crippen molar-refractivity contribution in [1.82, 2.24) is 24.5 Å². The lowest BCUT2D eigenvalue weighted by molar-refractivity contribution is -0.0924. The number of halogens is 2. The molecule has 0 radical (unpaired) electrons.